The van der Waals surface area contributed by atoms with E-state index in [1.54, 1.807) is 40.7 Å². The SMILES string of the molecule is CN(C1CCCCC1)S(=O)(=O)N1CCN(C(=O)[C@@H]2CSCN2C(=O)c2ccccc2)CC1. The molecule has 1 saturated carbocycles. The molecule has 0 aromatic heterocycles. The summed E-state index contributed by atoms with van der Waals surface area (Å²) in [6.45, 7) is 1.28. The minimum absolute atomic E-state index is 0.0708. The number of carbonyl (C=O) groups excluding carboxylic acids is 2. The van der Waals surface area contributed by atoms with Crippen LogP contribution in [0.4, 0.5) is 0 Å². The second kappa shape index (κ2) is 10.1. The van der Waals surface area contributed by atoms with Gasteiger partial charge in [0.25, 0.3) is 16.1 Å². The van der Waals surface area contributed by atoms with Gasteiger partial charge in [-0.15, -0.1) is 11.8 Å². The van der Waals surface area contributed by atoms with Gasteiger partial charge in [0.1, 0.15) is 6.04 Å². The fraction of sp³-hybridized carbons (Fsp3) is 0.636. The van der Waals surface area contributed by atoms with Crippen LogP contribution in [0.15, 0.2) is 30.3 Å². The van der Waals surface area contributed by atoms with Crippen molar-refractivity contribution in [1.82, 2.24) is 18.4 Å². The number of rotatable bonds is 5. The molecule has 1 atom stereocenters. The van der Waals surface area contributed by atoms with Crippen LogP contribution >= 0.6 is 11.8 Å². The molecule has 32 heavy (non-hydrogen) atoms. The van der Waals surface area contributed by atoms with Crippen LogP contribution in [-0.4, -0.2) is 95.6 Å². The maximum Gasteiger partial charge on any atom is 0.282 e. The molecule has 3 aliphatic rings. The highest BCUT2D eigenvalue weighted by Gasteiger charge is 2.40. The van der Waals surface area contributed by atoms with Gasteiger partial charge < -0.3 is 9.80 Å². The van der Waals surface area contributed by atoms with Crippen molar-refractivity contribution in [2.75, 3.05) is 44.9 Å². The lowest BCUT2D eigenvalue weighted by Crippen LogP contribution is -2.58. The third-order valence-corrected chi connectivity index (χ3v) is 9.83. The topological polar surface area (TPSA) is 81.2 Å². The Morgan fingerprint density at radius 2 is 1.66 bits per heavy atom. The molecule has 4 rings (SSSR count). The monoisotopic (exact) mass is 480 g/mol. The van der Waals surface area contributed by atoms with Gasteiger partial charge in [-0.25, -0.2) is 0 Å². The fourth-order valence-corrected chi connectivity index (χ4v) is 7.48. The summed E-state index contributed by atoms with van der Waals surface area (Å²) in [5, 5.41) is 0. The molecule has 2 saturated heterocycles. The number of thioether (sulfide) groups is 1. The third-order valence-electron chi connectivity index (χ3n) is 6.78. The first-order valence-electron chi connectivity index (χ1n) is 11.4. The maximum atomic E-state index is 13.2. The molecule has 0 radical (unpaired) electrons. The second-order valence-electron chi connectivity index (χ2n) is 8.70. The highest BCUT2D eigenvalue weighted by atomic mass is 32.2. The van der Waals surface area contributed by atoms with Crippen LogP contribution in [0.3, 0.4) is 0 Å². The van der Waals surface area contributed by atoms with Crippen LogP contribution in [0.5, 0.6) is 0 Å². The lowest BCUT2D eigenvalue weighted by molar-refractivity contribution is -0.136. The predicted molar refractivity (Wildman–Crippen MR) is 125 cm³/mol. The van der Waals surface area contributed by atoms with Gasteiger partial charge in [-0.05, 0) is 25.0 Å². The van der Waals surface area contributed by atoms with E-state index in [0.717, 1.165) is 25.7 Å². The highest BCUT2D eigenvalue weighted by molar-refractivity contribution is 7.99. The summed E-state index contributed by atoms with van der Waals surface area (Å²) in [5.41, 5.74) is 0.578. The van der Waals surface area contributed by atoms with E-state index in [1.807, 2.05) is 18.2 Å². The van der Waals surface area contributed by atoms with Crippen LogP contribution in [0.1, 0.15) is 42.5 Å². The van der Waals surface area contributed by atoms with Crippen molar-refractivity contribution in [3.63, 3.8) is 0 Å². The van der Waals surface area contributed by atoms with Gasteiger partial charge in [-0.1, -0.05) is 37.5 Å². The zero-order valence-corrected chi connectivity index (χ0v) is 20.2. The summed E-state index contributed by atoms with van der Waals surface area (Å²) in [6.07, 6.45) is 5.15. The molecule has 0 spiro atoms. The first kappa shape index (κ1) is 23.5. The molecule has 2 aliphatic heterocycles. The van der Waals surface area contributed by atoms with E-state index < -0.39 is 16.3 Å². The molecule has 1 aromatic rings. The minimum Gasteiger partial charge on any atom is -0.338 e. The van der Waals surface area contributed by atoms with E-state index in [2.05, 4.69) is 0 Å². The van der Waals surface area contributed by atoms with Crippen LogP contribution in [0.2, 0.25) is 0 Å². The average Bonchev–Trinajstić information content (AvgIpc) is 3.33. The predicted octanol–water partition coefficient (Wildman–Crippen LogP) is 1.86. The Morgan fingerprint density at radius 3 is 2.31 bits per heavy atom. The minimum atomic E-state index is -3.53. The number of hydrogen-bond donors (Lipinski definition) is 0. The molecule has 0 unspecified atom stereocenters. The molecule has 2 amide bonds. The number of benzene rings is 1. The molecule has 0 N–H and O–H groups in total. The summed E-state index contributed by atoms with van der Waals surface area (Å²) in [5.74, 6) is 0.839. The number of carbonyl (C=O) groups is 2. The summed E-state index contributed by atoms with van der Waals surface area (Å²) < 4.78 is 29.3. The first-order chi connectivity index (χ1) is 15.4. The van der Waals surface area contributed by atoms with Gasteiger partial charge in [0.15, 0.2) is 0 Å². The number of piperazine rings is 1. The van der Waals surface area contributed by atoms with Crippen molar-refractivity contribution >= 4 is 33.8 Å². The Morgan fingerprint density at radius 1 is 1.00 bits per heavy atom. The third kappa shape index (κ3) is 4.83. The summed E-state index contributed by atoms with van der Waals surface area (Å²) in [4.78, 5) is 29.5. The Labute approximate surface area is 195 Å². The molecular weight excluding hydrogens is 448 g/mol. The Bertz CT molecular complexity index is 913. The van der Waals surface area contributed by atoms with Gasteiger partial charge >= 0.3 is 0 Å². The van der Waals surface area contributed by atoms with Gasteiger partial charge in [0, 0.05) is 50.6 Å². The molecule has 0 bridgehead atoms. The highest BCUT2D eigenvalue weighted by Crippen LogP contribution is 2.27. The molecule has 2 heterocycles. The van der Waals surface area contributed by atoms with Gasteiger partial charge in [-0.3, -0.25) is 9.59 Å². The second-order valence-corrected chi connectivity index (χ2v) is 11.7. The molecule has 176 valence electrons. The van der Waals surface area contributed by atoms with Crippen molar-refractivity contribution < 1.29 is 18.0 Å². The van der Waals surface area contributed by atoms with Crippen LogP contribution in [-0.2, 0) is 15.0 Å². The van der Waals surface area contributed by atoms with Crippen LogP contribution in [0, 0.1) is 0 Å². The summed E-state index contributed by atoms with van der Waals surface area (Å²) in [7, 11) is -1.84. The smallest absolute Gasteiger partial charge is 0.282 e. The van der Waals surface area contributed by atoms with Crippen molar-refractivity contribution in [1.29, 1.82) is 0 Å². The summed E-state index contributed by atoms with van der Waals surface area (Å²) >= 11 is 1.57. The lowest BCUT2D eigenvalue weighted by atomic mass is 9.96. The Hall–Kier alpha value is -1.62. The quantitative estimate of drug-likeness (QED) is 0.643. The van der Waals surface area contributed by atoms with Gasteiger partial charge in [-0.2, -0.15) is 17.0 Å². The van der Waals surface area contributed by atoms with Gasteiger partial charge in [0.05, 0.1) is 5.88 Å². The standard InChI is InChI=1S/C22H32N4O4S2/c1-23(19-10-6-3-7-11-19)32(29,30)25-14-12-24(13-15-25)22(28)20-16-31-17-26(20)21(27)18-8-4-2-5-9-18/h2,4-5,8-9,19-20H,3,6-7,10-17H2,1H3/t20-/m0/s1. The zero-order valence-electron chi connectivity index (χ0n) is 18.6. The van der Waals surface area contributed by atoms with Gasteiger partial charge in [0.2, 0.25) is 5.91 Å². The molecule has 8 nitrogen and oxygen atoms in total. The van der Waals surface area contributed by atoms with E-state index in [4.69, 9.17) is 0 Å². The van der Waals surface area contributed by atoms with Crippen molar-refractivity contribution in [3.8, 4) is 0 Å². The zero-order chi connectivity index (χ0) is 22.7. The fourth-order valence-electron chi connectivity index (χ4n) is 4.76. The van der Waals surface area contributed by atoms with E-state index >= 15 is 0 Å². The van der Waals surface area contributed by atoms with E-state index in [0.29, 0.717) is 30.3 Å². The number of hydrogen-bond acceptors (Lipinski definition) is 5. The average molecular weight is 481 g/mol. The van der Waals surface area contributed by atoms with E-state index in [9.17, 15) is 18.0 Å². The number of amides is 2. The molecule has 1 aromatic carbocycles. The first-order valence-corrected chi connectivity index (χ1v) is 13.9. The molecule has 10 heteroatoms. The number of nitrogens with zero attached hydrogens (tertiary/aromatic N) is 4. The van der Waals surface area contributed by atoms with Crippen LogP contribution < -0.4 is 0 Å². The Kier molecular flexibility index (Phi) is 7.44. The lowest BCUT2D eigenvalue weighted by Gasteiger charge is -2.39. The van der Waals surface area contributed by atoms with Crippen molar-refractivity contribution in [3.05, 3.63) is 35.9 Å². The maximum absolute atomic E-state index is 13.2. The van der Waals surface area contributed by atoms with Crippen molar-refractivity contribution in [2.45, 2.75) is 44.2 Å². The van der Waals surface area contributed by atoms with Crippen molar-refractivity contribution in [2.24, 2.45) is 0 Å². The summed E-state index contributed by atoms with van der Waals surface area (Å²) in [6, 6.07) is 8.59. The normalized spacial score (nSPS) is 23.6. The molecule has 1 aliphatic carbocycles. The van der Waals surface area contributed by atoms with E-state index in [1.165, 1.54) is 15.0 Å². The van der Waals surface area contributed by atoms with Crippen LogP contribution in [0.25, 0.3) is 0 Å². The Balaban J connectivity index is 1.36. The molecular formula is C22H32N4O4S2. The largest absolute Gasteiger partial charge is 0.338 e. The van der Waals surface area contributed by atoms with E-state index in [-0.39, 0.29) is 30.9 Å². The molecule has 3 fully saturated rings.